The SMILES string of the molecule is CC1CNCC(COCC2CCC2)O1. The molecule has 82 valence electrons. The van der Waals surface area contributed by atoms with Crippen LogP contribution in [0.4, 0.5) is 0 Å². The molecule has 0 aromatic rings. The molecule has 1 heterocycles. The van der Waals surface area contributed by atoms with Crippen LogP contribution >= 0.6 is 0 Å². The molecule has 1 aliphatic heterocycles. The molecule has 1 saturated heterocycles. The summed E-state index contributed by atoms with van der Waals surface area (Å²) < 4.78 is 11.4. The van der Waals surface area contributed by atoms with Crippen molar-refractivity contribution in [3.8, 4) is 0 Å². The van der Waals surface area contributed by atoms with Crippen LogP contribution in [0.2, 0.25) is 0 Å². The maximum atomic E-state index is 5.73. The van der Waals surface area contributed by atoms with Gasteiger partial charge in [0.15, 0.2) is 0 Å². The Morgan fingerprint density at radius 2 is 2.14 bits per heavy atom. The van der Waals surface area contributed by atoms with Crippen LogP contribution in [0, 0.1) is 5.92 Å². The van der Waals surface area contributed by atoms with Crippen molar-refractivity contribution in [2.24, 2.45) is 5.92 Å². The topological polar surface area (TPSA) is 30.5 Å². The molecule has 1 N–H and O–H groups in total. The maximum Gasteiger partial charge on any atom is 0.0936 e. The van der Waals surface area contributed by atoms with Crippen LogP contribution < -0.4 is 5.32 Å². The Hall–Kier alpha value is -0.120. The molecule has 2 rings (SSSR count). The average molecular weight is 199 g/mol. The van der Waals surface area contributed by atoms with E-state index in [4.69, 9.17) is 9.47 Å². The highest BCUT2D eigenvalue weighted by Crippen LogP contribution is 2.26. The highest BCUT2D eigenvalue weighted by atomic mass is 16.5. The lowest BCUT2D eigenvalue weighted by Gasteiger charge is -2.30. The molecule has 0 aromatic heterocycles. The molecule has 2 atom stereocenters. The van der Waals surface area contributed by atoms with Crippen LogP contribution in [0.25, 0.3) is 0 Å². The van der Waals surface area contributed by atoms with Crippen molar-refractivity contribution in [3.63, 3.8) is 0 Å². The minimum absolute atomic E-state index is 0.263. The zero-order chi connectivity index (χ0) is 9.80. The second kappa shape index (κ2) is 5.10. The van der Waals surface area contributed by atoms with Crippen LogP contribution in [0.3, 0.4) is 0 Å². The summed E-state index contributed by atoms with van der Waals surface area (Å²) in [6, 6.07) is 0. The normalized spacial score (nSPS) is 34.1. The van der Waals surface area contributed by atoms with E-state index in [0.29, 0.717) is 6.10 Å². The van der Waals surface area contributed by atoms with E-state index in [9.17, 15) is 0 Å². The molecule has 14 heavy (non-hydrogen) atoms. The Morgan fingerprint density at radius 1 is 1.29 bits per heavy atom. The van der Waals surface area contributed by atoms with Crippen molar-refractivity contribution in [2.75, 3.05) is 26.3 Å². The van der Waals surface area contributed by atoms with Crippen LogP contribution in [0.15, 0.2) is 0 Å². The summed E-state index contributed by atoms with van der Waals surface area (Å²) in [4.78, 5) is 0. The molecule has 1 aliphatic carbocycles. The van der Waals surface area contributed by atoms with Gasteiger partial charge in [-0.1, -0.05) is 6.42 Å². The van der Waals surface area contributed by atoms with Gasteiger partial charge in [-0.05, 0) is 25.7 Å². The van der Waals surface area contributed by atoms with Gasteiger partial charge in [-0.25, -0.2) is 0 Å². The molecule has 2 unspecified atom stereocenters. The number of ether oxygens (including phenoxy) is 2. The number of nitrogens with one attached hydrogen (secondary N) is 1. The molecule has 2 aliphatic rings. The zero-order valence-electron chi connectivity index (χ0n) is 9.00. The summed E-state index contributed by atoms with van der Waals surface area (Å²) in [5.74, 6) is 0.837. The highest BCUT2D eigenvalue weighted by Gasteiger charge is 2.21. The van der Waals surface area contributed by atoms with Gasteiger partial charge >= 0.3 is 0 Å². The van der Waals surface area contributed by atoms with Crippen LogP contribution in [0.1, 0.15) is 26.2 Å². The minimum atomic E-state index is 0.263. The van der Waals surface area contributed by atoms with Crippen molar-refractivity contribution in [3.05, 3.63) is 0 Å². The largest absolute Gasteiger partial charge is 0.378 e. The van der Waals surface area contributed by atoms with Gasteiger partial charge in [-0.3, -0.25) is 0 Å². The minimum Gasteiger partial charge on any atom is -0.378 e. The van der Waals surface area contributed by atoms with Gasteiger partial charge in [-0.2, -0.15) is 0 Å². The van der Waals surface area contributed by atoms with Crippen molar-refractivity contribution in [2.45, 2.75) is 38.4 Å². The van der Waals surface area contributed by atoms with Crippen LogP contribution in [-0.2, 0) is 9.47 Å². The van der Waals surface area contributed by atoms with E-state index in [1.54, 1.807) is 0 Å². The summed E-state index contributed by atoms with van der Waals surface area (Å²) in [6.07, 6.45) is 4.72. The third kappa shape index (κ3) is 2.94. The Kier molecular flexibility index (Phi) is 3.79. The predicted molar refractivity (Wildman–Crippen MR) is 55.4 cm³/mol. The molecule has 0 aromatic carbocycles. The molecule has 0 bridgehead atoms. The van der Waals surface area contributed by atoms with Gasteiger partial charge in [0.1, 0.15) is 0 Å². The van der Waals surface area contributed by atoms with Gasteiger partial charge in [0, 0.05) is 19.7 Å². The van der Waals surface area contributed by atoms with Gasteiger partial charge in [0.25, 0.3) is 0 Å². The Balaban J connectivity index is 1.55. The fourth-order valence-corrected chi connectivity index (χ4v) is 2.00. The maximum absolute atomic E-state index is 5.73. The van der Waals surface area contributed by atoms with Gasteiger partial charge < -0.3 is 14.8 Å². The van der Waals surface area contributed by atoms with Crippen LogP contribution in [-0.4, -0.2) is 38.5 Å². The number of morpholine rings is 1. The first-order chi connectivity index (χ1) is 6.84. The first-order valence-corrected chi connectivity index (χ1v) is 5.78. The smallest absolute Gasteiger partial charge is 0.0936 e. The summed E-state index contributed by atoms with van der Waals surface area (Å²) >= 11 is 0. The lowest BCUT2D eigenvalue weighted by Crippen LogP contribution is -2.45. The van der Waals surface area contributed by atoms with E-state index in [-0.39, 0.29) is 6.10 Å². The van der Waals surface area contributed by atoms with E-state index in [1.165, 1.54) is 19.3 Å². The Bertz CT molecular complexity index is 171. The number of hydrogen-bond acceptors (Lipinski definition) is 3. The molecule has 0 spiro atoms. The van der Waals surface area contributed by atoms with Crippen molar-refractivity contribution in [1.29, 1.82) is 0 Å². The second-order valence-corrected chi connectivity index (χ2v) is 4.56. The third-order valence-corrected chi connectivity index (χ3v) is 3.11. The number of rotatable bonds is 4. The molecule has 1 saturated carbocycles. The molecule has 3 nitrogen and oxygen atoms in total. The van der Waals surface area contributed by atoms with E-state index in [1.807, 2.05) is 0 Å². The van der Waals surface area contributed by atoms with E-state index in [0.717, 1.165) is 32.2 Å². The van der Waals surface area contributed by atoms with Crippen molar-refractivity contribution in [1.82, 2.24) is 5.32 Å². The molecule has 0 amide bonds. The summed E-state index contributed by atoms with van der Waals surface area (Å²) in [5, 5.41) is 3.35. The highest BCUT2D eigenvalue weighted by molar-refractivity contribution is 4.72. The molecule has 3 heteroatoms. The molecular formula is C11H21NO2. The van der Waals surface area contributed by atoms with E-state index in [2.05, 4.69) is 12.2 Å². The first kappa shape index (κ1) is 10.4. The monoisotopic (exact) mass is 199 g/mol. The average Bonchev–Trinajstić information content (AvgIpc) is 2.09. The Labute approximate surface area is 86.2 Å². The second-order valence-electron chi connectivity index (χ2n) is 4.56. The lowest BCUT2D eigenvalue weighted by molar-refractivity contribution is -0.0759. The van der Waals surface area contributed by atoms with Gasteiger partial charge in [-0.15, -0.1) is 0 Å². The zero-order valence-corrected chi connectivity index (χ0v) is 9.00. The lowest BCUT2D eigenvalue weighted by atomic mass is 9.86. The van der Waals surface area contributed by atoms with Crippen molar-refractivity contribution < 1.29 is 9.47 Å². The standard InChI is InChI=1S/C11H21NO2/c1-9-5-12-6-11(14-9)8-13-7-10-3-2-4-10/h9-12H,2-8H2,1H3. The Morgan fingerprint density at radius 3 is 2.79 bits per heavy atom. The van der Waals surface area contributed by atoms with E-state index >= 15 is 0 Å². The fourth-order valence-electron chi connectivity index (χ4n) is 2.00. The summed E-state index contributed by atoms with van der Waals surface area (Å²) in [7, 11) is 0. The van der Waals surface area contributed by atoms with Gasteiger partial charge in [0.2, 0.25) is 0 Å². The third-order valence-electron chi connectivity index (χ3n) is 3.11. The number of hydrogen-bond donors (Lipinski definition) is 1. The van der Waals surface area contributed by atoms with E-state index < -0.39 is 0 Å². The van der Waals surface area contributed by atoms with Crippen molar-refractivity contribution >= 4 is 0 Å². The fraction of sp³-hybridized carbons (Fsp3) is 1.00. The molecular weight excluding hydrogens is 178 g/mol. The van der Waals surface area contributed by atoms with Crippen LogP contribution in [0.5, 0.6) is 0 Å². The summed E-state index contributed by atoms with van der Waals surface area (Å²) in [5.41, 5.74) is 0. The van der Waals surface area contributed by atoms with Gasteiger partial charge in [0.05, 0.1) is 18.8 Å². The quantitative estimate of drug-likeness (QED) is 0.737. The summed E-state index contributed by atoms with van der Waals surface area (Å²) in [6.45, 7) is 5.71. The first-order valence-electron chi connectivity index (χ1n) is 5.78. The molecule has 0 radical (unpaired) electrons. The predicted octanol–water partition coefficient (Wildman–Crippen LogP) is 1.18. The molecule has 2 fully saturated rings.